The minimum absolute atomic E-state index is 0.111. The van der Waals surface area contributed by atoms with Gasteiger partial charge >= 0.3 is 0 Å². The number of nitrogens with one attached hydrogen (secondary N) is 1. The number of rotatable bonds is 2. The van der Waals surface area contributed by atoms with Crippen LogP contribution >= 0.6 is 11.6 Å². The Bertz CT molecular complexity index is 1060. The van der Waals surface area contributed by atoms with Gasteiger partial charge in [-0.2, -0.15) is 9.61 Å². The van der Waals surface area contributed by atoms with Crippen molar-refractivity contribution >= 4 is 17.2 Å². The zero-order valence-electron chi connectivity index (χ0n) is 12.1. The fraction of sp³-hybridized carbons (Fsp3) is 0.0667. The second kappa shape index (κ2) is 5.06. The van der Waals surface area contributed by atoms with E-state index < -0.39 is 0 Å². The average Bonchev–Trinajstić information content (AvgIpc) is 3.20. The molecule has 4 aromatic heterocycles. The molecule has 4 aromatic rings. The van der Waals surface area contributed by atoms with E-state index in [1.54, 1.807) is 30.2 Å². The zero-order valence-corrected chi connectivity index (χ0v) is 12.8. The molecule has 0 spiro atoms. The van der Waals surface area contributed by atoms with Gasteiger partial charge < -0.3 is 0 Å². The molecule has 0 bridgehead atoms. The molecule has 0 unspecified atom stereocenters. The number of nitrogens with zero attached hydrogens (tertiary/aromatic N) is 5. The number of halogens is 1. The Labute approximate surface area is 135 Å². The number of hydrogen-bond acceptors (Lipinski definition) is 4. The van der Waals surface area contributed by atoms with Gasteiger partial charge in [0.1, 0.15) is 5.02 Å². The summed E-state index contributed by atoms with van der Waals surface area (Å²) in [6.07, 6.45) is 6.95. The number of fused-ring (bicyclic) bond motifs is 1. The maximum Gasteiger partial charge on any atom is 0.291 e. The highest BCUT2D eigenvalue weighted by Crippen LogP contribution is 2.23. The minimum Gasteiger partial charge on any atom is -0.296 e. The SMILES string of the molecule is Cc1nc2c(-c3cnn(-c4ccccn4)c3)c[nH]n2c(=O)c1Cl. The maximum absolute atomic E-state index is 12.1. The summed E-state index contributed by atoms with van der Waals surface area (Å²) in [5.74, 6) is 0.711. The summed E-state index contributed by atoms with van der Waals surface area (Å²) < 4.78 is 2.99. The van der Waals surface area contributed by atoms with E-state index >= 15 is 0 Å². The van der Waals surface area contributed by atoms with E-state index in [0.29, 0.717) is 17.2 Å². The molecular formula is C15H11ClN6O. The molecule has 0 atom stereocenters. The minimum atomic E-state index is -0.322. The van der Waals surface area contributed by atoms with Crippen molar-refractivity contribution in [3.8, 4) is 16.9 Å². The first-order valence-corrected chi connectivity index (χ1v) is 7.25. The predicted molar refractivity (Wildman–Crippen MR) is 85.9 cm³/mol. The van der Waals surface area contributed by atoms with Crippen LogP contribution in [-0.4, -0.2) is 29.4 Å². The largest absolute Gasteiger partial charge is 0.296 e. The Morgan fingerprint density at radius 1 is 1.30 bits per heavy atom. The van der Waals surface area contributed by atoms with Crippen molar-refractivity contribution in [2.24, 2.45) is 0 Å². The molecule has 0 aliphatic carbocycles. The van der Waals surface area contributed by atoms with E-state index in [1.807, 2.05) is 24.4 Å². The van der Waals surface area contributed by atoms with Crippen LogP contribution in [0.5, 0.6) is 0 Å². The van der Waals surface area contributed by atoms with Crippen molar-refractivity contribution in [3.63, 3.8) is 0 Å². The van der Waals surface area contributed by atoms with Gasteiger partial charge in [0.2, 0.25) is 0 Å². The van der Waals surface area contributed by atoms with Gasteiger partial charge in [-0.3, -0.25) is 9.89 Å². The highest BCUT2D eigenvalue weighted by molar-refractivity contribution is 6.31. The van der Waals surface area contributed by atoms with E-state index in [9.17, 15) is 4.79 Å². The summed E-state index contributed by atoms with van der Waals surface area (Å²) in [6, 6.07) is 5.59. The summed E-state index contributed by atoms with van der Waals surface area (Å²) in [6.45, 7) is 1.71. The molecule has 0 saturated carbocycles. The number of aromatic amines is 1. The second-order valence-electron chi connectivity index (χ2n) is 5.02. The fourth-order valence-electron chi connectivity index (χ4n) is 2.39. The Kier molecular flexibility index (Phi) is 3.02. The van der Waals surface area contributed by atoms with Crippen molar-refractivity contribution in [2.75, 3.05) is 0 Å². The van der Waals surface area contributed by atoms with Crippen LogP contribution in [0, 0.1) is 6.92 Å². The molecule has 7 nitrogen and oxygen atoms in total. The summed E-state index contributed by atoms with van der Waals surface area (Å²) in [5, 5.41) is 7.30. The second-order valence-corrected chi connectivity index (χ2v) is 5.40. The van der Waals surface area contributed by atoms with Crippen LogP contribution in [0.3, 0.4) is 0 Å². The lowest BCUT2D eigenvalue weighted by atomic mass is 10.2. The van der Waals surface area contributed by atoms with E-state index in [4.69, 9.17) is 11.6 Å². The van der Waals surface area contributed by atoms with Gasteiger partial charge in [0.15, 0.2) is 11.5 Å². The number of pyridine rings is 1. The van der Waals surface area contributed by atoms with Crippen LogP contribution in [0.2, 0.25) is 5.02 Å². The third-order valence-corrected chi connectivity index (χ3v) is 3.99. The lowest BCUT2D eigenvalue weighted by molar-refractivity contribution is 0.847. The van der Waals surface area contributed by atoms with Crippen molar-refractivity contribution < 1.29 is 0 Å². The molecule has 0 aromatic carbocycles. The van der Waals surface area contributed by atoms with Gasteiger partial charge in [-0.25, -0.2) is 14.6 Å². The van der Waals surface area contributed by atoms with Gasteiger partial charge in [-0.05, 0) is 19.1 Å². The Morgan fingerprint density at radius 3 is 2.96 bits per heavy atom. The Morgan fingerprint density at radius 2 is 2.17 bits per heavy atom. The molecule has 0 fully saturated rings. The maximum atomic E-state index is 12.1. The zero-order chi connectivity index (χ0) is 16.0. The lowest BCUT2D eigenvalue weighted by Gasteiger charge is -2.00. The summed E-state index contributed by atoms with van der Waals surface area (Å²) in [7, 11) is 0. The normalized spacial score (nSPS) is 11.2. The molecule has 8 heteroatoms. The van der Waals surface area contributed by atoms with E-state index in [0.717, 1.165) is 11.1 Å². The number of H-pyrrole nitrogens is 1. The van der Waals surface area contributed by atoms with Gasteiger partial charge in [-0.1, -0.05) is 17.7 Å². The molecular weight excluding hydrogens is 316 g/mol. The highest BCUT2D eigenvalue weighted by Gasteiger charge is 2.15. The van der Waals surface area contributed by atoms with Crippen LogP contribution in [0.25, 0.3) is 22.6 Å². The molecule has 0 saturated heterocycles. The van der Waals surface area contributed by atoms with Crippen LogP contribution in [0.4, 0.5) is 0 Å². The molecule has 0 aliphatic heterocycles. The molecule has 4 heterocycles. The molecule has 0 amide bonds. The predicted octanol–water partition coefficient (Wildman–Crippen LogP) is 2.23. The van der Waals surface area contributed by atoms with Gasteiger partial charge in [-0.15, -0.1) is 0 Å². The highest BCUT2D eigenvalue weighted by atomic mass is 35.5. The number of hydrogen-bond donors (Lipinski definition) is 1. The van der Waals surface area contributed by atoms with Gasteiger partial charge in [0.25, 0.3) is 5.56 Å². The van der Waals surface area contributed by atoms with Gasteiger partial charge in [0.05, 0.1) is 11.9 Å². The fourth-order valence-corrected chi connectivity index (χ4v) is 2.52. The molecule has 114 valence electrons. The van der Waals surface area contributed by atoms with Crippen LogP contribution in [0.1, 0.15) is 5.69 Å². The van der Waals surface area contributed by atoms with Crippen molar-refractivity contribution in [1.82, 2.24) is 29.4 Å². The standard InChI is InChI=1S/C15H11ClN6O/c1-9-13(16)15(23)22-14(20-9)11(7-19-22)10-6-18-21(8-10)12-4-2-3-5-17-12/h2-8,19H,1H3. The summed E-state index contributed by atoms with van der Waals surface area (Å²) in [4.78, 5) is 20.8. The van der Waals surface area contributed by atoms with Crippen LogP contribution < -0.4 is 5.56 Å². The topological polar surface area (TPSA) is 80.9 Å². The molecule has 0 aliphatic rings. The molecule has 23 heavy (non-hydrogen) atoms. The average molecular weight is 327 g/mol. The summed E-state index contributed by atoms with van der Waals surface area (Å²) >= 11 is 5.96. The van der Waals surface area contributed by atoms with Crippen LogP contribution in [-0.2, 0) is 0 Å². The molecule has 0 radical (unpaired) electrons. The van der Waals surface area contributed by atoms with Crippen LogP contribution in [0.15, 0.2) is 47.8 Å². The molecule has 1 N–H and O–H groups in total. The lowest BCUT2D eigenvalue weighted by Crippen LogP contribution is -2.16. The van der Waals surface area contributed by atoms with Crippen molar-refractivity contribution in [2.45, 2.75) is 6.92 Å². The molecule has 4 rings (SSSR count). The number of aryl methyl sites for hydroxylation is 1. The third-order valence-electron chi connectivity index (χ3n) is 3.55. The smallest absolute Gasteiger partial charge is 0.291 e. The Hall–Kier alpha value is -2.93. The van der Waals surface area contributed by atoms with Crippen molar-refractivity contribution in [3.05, 3.63) is 64.1 Å². The first kappa shape index (κ1) is 13.7. The van der Waals surface area contributed by atoms with Gasteiger partial charge in [0, 0.05) is 29.7 Å². The third kappa shape index (κ3) is 2.13. The Balaban J connectivity index is 1.88. The van der Waals surface area contributed by atoms with E-state index in [2.05, 4.69) is 20.2 Å². The van der Waals surface area contributed by atoms with Crippen molar-refractivity contribution in [1.29, 1.82) is 0 Å². The first-order valence-electron chi connectivity index (χ1n) is 6.88. The summed E-state index contributed by atoms with van der Waals surface area (Å²) in [5.41, 5.74) is 2.27. The monoisotopic (exact) mass is 326 g/mol. The quantitative estimate of drug-likeness (QED) is 0.612. The van der Waals surface area contributed by atoms with E-state index in [1.165, 1.54) is 4.52 Å². The first-order chi connectivity index (χ1) is 11.1. The van der Waals surface area contributed by atoms with E-state index in [-0.39, 0.29) is 10.6 Å². The number of aromatic nitrogens is 6.